The van der Waals surface area contributed by atoms with E-state index >= 15 is 0 Å². The Morgan fingerprint density at radius 2 is 1.79 bits per heavy atom. The van der Waals surface area contributed by atoms with Crippen molar-refractivity contribution in [2.24, 2.45) is 7.05 Å². The van der Waals surface area contributed by atoms with E-state index in [1.165, 1.54) is 37.8 Å². The van der Waals surface area contributed by atoms with Crippen LogP contribution in [0.4, 0.5) is 23.7 Å². The lowest BCUT2D eigenvalue weighted by Crippen LogP contribution is -2.32. The second kappa shape index (κ2) is 11.0. The number of rotatable bonds is 8. The number of nitrogens with zero attached hydrogens (tertiary/aromatic N) is 3. The molecule has 2 saturated heterocycles. The van der Waals surface area contributed by atoms with Crippen LogP contribution in [0.1, 0.15) is 36.8 Å². The first-order chi connectivity index (χ1) is 18.2. The van der Waals surface area contributed by atoms with Crippen molar-refractivity contribution in [1.82, 2.24) is 20.0 Å². The second-order valence-electron chi connectivity index (χ2n) is 9.73. The zero-order chi connectivity index (χ0) is 26.9. The van der Waals surface area contributed by atoms with Crippen LogP contribution in [0.3, 0.4) is 0 Å². The maximum absolute atomic E-state index is 12.8. The van der Waals surface area contributed by atoms with Gasteiger partial charge in [-0.25, -0.2) is 4.79 Å². The molecule has 5 rings (SSSR count). The van der Waals surface area contributed by atoms with Gasteiger partial charge >= 0.3 is 12.2 Å². The Labute approximate surface area is 227 Å². The molecule has 2 N–H and O–H groups in total. The summed E-state index contributed by atoms with van der Waals surface area (Å²) < 4.78 is 47.1. The van der Waals surface area contributed by atoms with E-state index in [2.05, 4.69) is 36.6 Å². The number of fused-ring (bicyclic) bond motifs is 2. The van der Waals surface area contributed by atoms with Gasteiger partial charge in [0.25, 0.3) is 0 Å². The van der Waals surface area contributed by atoms with E-state index in [1.807, 2.05) is 19.2 Å². The summed E-state index contributed by atoms with van der Waals surface area (Å²) in [6, 6.07) is 11.0. The Morgan fingerprint density at radius 3 is 2.39 bits per heavy atom. The average Bonchev–Trinajstić information content (AvgIpc) is 3.57. The highest BCUT2D eigenvalue weighted by Crippen LogP contribution is 2.39. The van der Waals surface area contributed by atoms with Crippen molar-refractivity contribution in [3.8, 4) is 17.0 Å². The molecule has 0 saturated carbocycles. The van der Waals surface area contributed by atoms with Crippen molar-refractivity contribution in [2.75, 3.05) is 18.5 Å². The average molecular weight is 592 g/mol. The quantitative estimate of drug-likeness (QED) is 0.327. The standard InChI is InChI=1S/C27H29BrF3N5O2/c1-35-25(23(28)16-33-35)22-14-19(6-11-24(22)38-13-12-36-20-7-8-21(36)10-9-20)34-26(37)32-15-17-2-4-18(5-3-17)27(29,30)31/h2-6,11,14,16,20-21H,7-10,12-13,15H2,1H3,(H2,32,34,37). The number of alkyl halides is 3. The molecule has 2 aliphatic rings. The summed E-state index contributed by atoms with van der Waals surface area (Å²) in [5.41, 5.74) is 1.97. The number of hydrogen-bond acceptors (Lipinski definition) is 4. The van der Waals surface area contributed by atoms with E-state index in [9.17, 15) is 18.0 Å². The largest absolute Gasteiger partial charge is 0.492 e. The molecule has 0 radical (unpaired) electrons. The van der Waals surface area contributed by atoms with Crippen molar-refractivity contribution in [2.45, 2.75) is 50.5 Å². The number of benzene rings is 2. The van der Waals surface area contributed by atoms with Crippen molar-refractivity contribution < 1.29 is 22.7 Å². The zero-order valence-corrected chi connectivity index (χ0v) is 22.5. The van der Waals surface area contributed by atoms with Crippen LogP contribution in [-0.2, 0) is 19.8 Å². The molecular weight excluding hydrogens is 563 g/mol. The fraction of sp³-hybridized carbons (Fsp3) is 0.407. The summed E-state index contributed by atoms with van der Waals surface area (Å²) in [5, 5.41) is 9.80. The van der Waals surface area contributed by atoms with Crippen LogP contribution >= 0.6 is 15.9 Å². The van der Waals surface area contributed by atoms with Crippen molar-refractivity contribution in [3.63, 3.8) is 0 Å². The summed E-state index contributed by atoms with van der Waals surface area (Å²) in [6.07, 6.45) is 2.42. The molecule has 2 aromatic carbocycles. The molecule has 3 aromatic rings. The van der Waals surface area contributed by atoms with Gasteiger partial charge < -0.3 is 15.4 Å². The molecule has 2 aliphatic heterocycles. The molecule has 2 fully saturated rings. The number of urea groups is 1. The number of carbonyl (C=O) groups excluding carboxylic acids is 1. The Bertz CT molecular complexity index is 1260. The predicted octanol–water partition coefficient (Wildman–Crippen LogP) is 6.20. The van der Waals surface area contributed by atoms with Gasteiger partial charge in [-0.1, -0.05) is 12.1 Å². The summed E-state index contributed by atoms with van der Waals surface area (Å²) in [6.45, 7) is 1.54. The van der Waals surface area contributed by atoms with Crippen LogP contribution in [0, 0.1) is 0 Å². The van der Waals surface area contributed by atoms with Gasteiger partial charge in [-0.15, -0.1) is 0 Å². The summed E-state index contributed by atoms with van der Waals surface area (Å²) in [7, 11) is 1.84. The van der Waals surface area contributed by atoms with Gasteiger partial charge in [-0.3, -0.25) is 9.58 Å². The maximum atomic E-state index is 12.8. The van der Waals surface area contributed by atoms with Gasteiger partial charge in [0.2, 0.25) is 0 Å². The van der Waals surface area contributed by atoms with Gasteiger partial charge in [0.1, 0.15) is 12.4 Å². The van der Waals surface area contributed by atoms with E-state index in [0.29, 0.717) is 35.7 Å². The molecule has 2 bridgehead atoms. The van der Waals surface area contributed by atoms with Crippen LogP contribution in [-0.4, -0.2) is 45.9 Å². The number of nitrogens with one attached hydrogen (secondary N) is 2. The molecular formula is C27H29BrF3N5O2. The number of carbonyl (C=O) groups is 1. The normalized spacial score (nSPS) is 19.1. The first-order valence-electron chi connectivity index (χ1n) is 12.6. The molecule has 1 aromatic heterocycles. The van der Waals surface area contributed by atoms with Crippen molar-refractivity contribution >= 4 is 27.6 Å². The minimum absolute atomic E-state index is 0.0871. The lowest BCUT2D eigenvalue weighted by Gasteiger charge is -2.22. The van der Waals surface area contributed by atoms with Crippen molar-refractivity contribution in [3.05, 3.63) is 64.3 Å². The van der Waals surface area contributed by atoms with E-state index in [0.717, 1.165) is 34.4 Å². The zero-order valence-electron chi connectivity index (χ0n) is 20.9. The maximum Gasteiger partial charge on any atom is 0.416 e. The van der Waals surface area contributed by atoms with Crippen LogP contribution in [0.25, 0.3) is 11.3 Å². The van der Waals surface area contributed by atoms with Crippen LogP contribution < -0.4 is 15.4 Å². The number of ether oxygens (including phenoxy) is 1. The number of hydrogen-bond donors (Lipinski definition) is 2. The van der Waals surface area contributed by atoms with E-state index in [4.69, 9.17) is 4.74 Å². The third-order valence-electron chi connectivity index (χ3n) is 7.33. The molecule has 202 valence electrons. The first kappa shape index (κ1) is 26.6. The fourth-order valence-electron chi connectivity index (χ4n) is 5.45. The molecule has 0 spiro atoms. The monoisotopic (exact) mass is 591 g/mol. The first-order valence-corrected chi connectivity index (χ1v) is 13.4. The Hall–Kier alpha value is -3.05. The van der Waals surface area contributed by atoms with Gasteiger partial charge in [0, 0.05) is 43.5 Å². The van der Waals surface area contributed by atoms with Crippen LogP contribution in [0.2, 0.25) is 0 Å². The number of halogens is 4. The van der Waals surface area contributed by atoms with Gasteiger partial charge in [0.15, 0.2) is 0 Å². The summed E-state index contributed by atoms with van der Waals surface area (Å²) >= 11 is 3.56. The number of aryl methyl sites for hydroxylation is 1. The van der Waals surface area contributed by atoms with E-state index < -0.39 is 17.8 Å². The van der Waals surface area contributed by atoms with Crippen LogP contribution in [0.5, 0.6) is 5.75 Å². The van der Waals surface area contributed by atoms with E-state index in [-0.39, 0.29) is 6.54 Å². The molecule has 2 amide bonds. The van der Waals surface area contributed by atoms with Crippen LogP contribution in [0.15, 0.2) is 53.1 Å². The predicted molar refractivity (Wildman–Crippen MR) is 142 cm³/mol. The Balaban J connectivity index is 1.25. The highest BCUT2D eigenvalue weighted by Gasteiger charge is 2.38. The molecule has 0 atom stereocenters. The molecule has 11 heteroatoms. The number of amides is 2. The highest BCUT2D eigenvalue weighted by molar-refractivity contribution is 9.10. The summed E-state index contributed by atoms with van der Waals surface area (Å²) in [4.78, 5) is 15.1. The number of aromatic nitrogens is 2. The Morgan fingerprint density at radius 1 is 1.11 bits per heavy atom. The Kier molecular flexibility index (Phi) is 7.67. The molecule has 0 unspecified atom stereocenters. The smallest absolute Gasteiger partial charge is 0.416 e. The van der Waals surface area contributed by atoms with E-state index in [1.54, 1.807) is 16.9 Å². The molecule has 0 aliphatic carbocycles. The lowest BCUT2D eigenvalue weighted by molar-refractivity contribution is -0.137. The van der Waals surface area contributed by atoms with Gasteiger partial charge in [-0.2, -0.15) is 18.3 Å². The van der Waals surface area contributed by atoms with Crippen molar-refractivity contribution in [1.29, 1.82) is 0 Å². The van der Waals surface area contributed by atoms with Gasteiger partial charge in [-0.05, 0) is 77.5 Å². The third-order valence-corrected chi connectivity index (χ3v) is 7.91. The topological polar surface area (TPSA) is 71.4 Å². The molecule has 7 nitrogen and oxygen atoms in total. The highest BCUT2D eigenvalue weighted by atomic mass is 79.9. The molecule has 3 heterocycles. The lowest BCUT2D eigenvalue weighted by atomic mass is 10.0. The SMILES string of the molecule is Cn1ncc(Br)c1-c1cc(NC(=O)NCc2ccc(C(F)(F)F)cc2)ccc1OCCN1C2CCC1CC2. The summed E-state index contributed by atoms with van der Waals surface area (Å²) in [5.74, 6) is 0.691. The fourth-order valence-corrected chi connectivity index (χ4v) is 6.01. The number of anilines is 1. The third kappa shape index (κ3) is 5.83. The minimum Gasteiger partial charge on any atom is -0.492 e. The second-order valence-corrected chi connectivity index (χ2v) is 10.6. The minimum atomic E-state index is -4.40. The molecule has 38 heavy (non-hydrogen) atoms. The van der Waals surface area contributed by atoms with Gasteiger partial charge in [0.05, 0.1) is 21.9 Å².